The first-order valence-corrected chi connectivity index (χ1v) is 7.29. The molecule has 0 spiro atoms. The molecule has 0 fully saturated rings. The van der Waals surface area contributed by atoms with E-state index in [1.54, 1.807) is 19.1 Å². The molecule has 0 aliphatic carbocycles. The van der Waals surface area contributed by atoms with E-state index >= 15 is 0 Å². The van der Waals surface area contributed by atoms with Crippen molar-refractivity contribution >= 4 is 43.5 Å². The van der Waals surface area contributed by atoms with E-state index in [4.69, 9.17) is 5.11 Å². The van der Waals surface area contributed by atoms with Crippen LogP contribution in [0.1, 0.15) is 13.8 Å². The van der Waals surface area contributed by atoms with Crippen molar-refractivity contribution < 1.29 is 14.7 Å². The van der Waals surface area contributed by atoms with E-state index < -0.39 is 17.8 Å². The third-order valence-corrected chi connectivity index (χ3v) is 4.24. The number of carbonyl (C=O) groups excluding carboxylic acids is 1. The molecule has 2 unspecified atom stereocenters. The maximum absolute atomic E-state index is 12.0. The van der Waals surface area contributed by atoms with Crippen LogP contribution < -0.4 is 5.32 Å². The number of amides is 1. The van der Waals surface area contributed by atoms with Gasteiger partial charge in [0, 0.05) is 0 Å². The van der Waals surface area contributed by atoms with Crippen LogP contribution in [0, 0.1) is 11.8 Å². The second kappa shape index (κ2) is 5.50. The molecule has 0 saturated heterocycles. The zero-order chi connectivity index (χ0) is 14.0. The fourth-order valence-electron chi connectivity index (χ4n) is 1.59. The van der Waals surface area contributed by atoms with E-state index in [0.29, 0.717) is 11.4 Å². The maximum atomic E-state index is 12.0. The molecule has 2 rings (SSSR count). The molecule has 0 saturated carbocycles. The molecular formula is C12H13N3O3Se. The van der Waals surface area contributed by atoms with Gasteiger partial charge in [0.05, 0.1) is 0 Å². The number of nitrogens with zero attached hydrogens (tertiary/aromatic N) is 2. The number of carboxylic acids is 1. The molecule has 1 aliphatic heterocycles. The summed E-state index contributed by atoms with van der Waals surface area (Å²) in [5.74, 6) is -2.65. The van der Waals surface area contributed by atoms with Crippen LogP contribution in [-0.4, -0.2) is 31.6 Å². The molecule has 1 aromatic carbocycles. The quantitative estimate of drug-likeness (QED) is 0.845. The van der Waals surface area contributed by atoms with Gasteiger partial charge in [-0.2, -0.15) is 0 Å². The molecule has 7 heteroatoms. The predicted molar refractivity (Wildman–Crippen MR) is 71.0 cm³/mol. The van der Waals surface area contributed by atoms with Crippen molar-refractivity contribution in [3.63, 3.8) is 0 Å². The summed E-state index contributed by atoms with van der Waals surface area (Å²) in [5.41, 5.74) is 2.05. The Kier molecular flexibility index (Phi) is 3.97. The van der Waals surface area contributed by atoms with Crippen LogP contribution in [0.15, 0.2) is 26.1 Å². The molecule has 19 heavy (non-hydrogen) atoms. The van der Waals surface area contributed by atoms with Crippen molar-refractivity contribution in [2.45, 2.75) is 13.8 Å². The zero-order valence-corrected chi connectivity index (χ0v) is 12.2. The van der Waals surface area contributed by atoms with Gasteiger partial charge in [-0.25, -0.2) is 0 Å². The van der Waals surface area contributed by atoms with Gasteiger partial charge in [-0.05, 0) is 0 Å². The van der Waals surface area contributed by atoms with Gasteiger partial charge in [-0.1, -0.05) is 0 Å². The molecule has 1 aliphatic rings. The van der Waals surface area contributed by atoms with E-state index in [1.807, 2.05) is 6.07 Å². The van der Waals surface area contributed by atoms with Gasteiger partial charge in [0.1, 0.15) is 0 Å². The average molecular weight is 326 g/mol. The number of carbonyl (C=O) groups is 2. The Bertz CT molecular complexity index is 608. The standard InChI is InChI=1S/C12H13N3O3Se/c1-6(7(2)12(17)18)11(16)13-8-4-3-5-9-10(8)15-19-14-9/h3-7H,1-2H3,(H,13,16)(H,17,18). The average Bonchev–Trinajstić information content (AvgIpc) is 2.86. The minimum absolute atomic E-state index is 0.164. The number of hydrogen-bond acceptors (Lipinski definition) is 4. The van der Waals surface area contributed by atoms with Crippen LogP contribution in [0.5, 0.6) is 0 Å². The van der Waals surface area contributed by atoms with Gasteiger partial charge in [-0.3, -0.25) is 0 Å². The van der Waals surface area contributed by atoms with Gasteiger partial charge in [0.25, 0.3) is 0 Å². The van der Waals surface area contributed by atoms with Crippen molar-refractivity contribution in [3.8, 4) is 0 Å². The predicted octanol–water partition coefficient (Wildman–Crippen LogP) is 2.33. The summed E-state index contributed by atoms with van der Waals surface area (Å²) < 4.78 is 8.48. The fourth-order valence-corrected chi connectivity index (χ4v) is 2.75. The van der Waals surface area contributed by atoms with E-state index in [0.717, 1.165) is 5.69 Å². The first-order chi connectivity index (χ1) is 9.00. The number of anilines is 1. The van der Waals surface area contributed by atoms with Crippen LogP contribution in [0.25, 0.3) is 0 Å². The summed E-state index contributed by atoms with van der Waals surface area (Å²) >= 11 is -0.164. The van der Waals surface area contributed by atoms with Crippen LogP contribution in [0.4, 0.5) is 17.1 Å². The summed E-state index contributed by atoms with van der Waals surface area (Å²) in [6.07, 6.45) is 0. The third kappa shape index (κ3) is 2.82. The Hall–Kier alpha value is -1.72. The molecule has 100 valence electrons. The van der Waals surface area contributed by atoms with Gasteiger partial charge in [0.2, 0.25) is 0 Å². The van der Waals surface area contributed by atoms with Crippen molar-refractivity contribution in [1.82, 2.24) is 0 Å². The molecule has 0 radical (unpaired) electrons. The zero-order valence-electron chi connectivity index (χ0n) is 10.5. The van der Waals surface area contributed by atoms with Crippen LogP contribution in [0.2, 0.25) is 0 Å². The number of fused-ring (bicyclic) bond motifs is 1. The Balaban J connectivity index is 2.15. The summed E-state index contributed by atoms with van der Waals surface area (Å²) in [6.45, 7) is 3.12. The summed E-state index contributed by atoms with van der Waals surface area (Å²) in [7, 11) is 0. The van der Waals surface area contributed by atoms with Gasteiger partial charge >= 0.3 is 115 Å². The Labute approximate surface area is 116 Å². The molecule has 0 bridgehead atoms. The number of hydrogen-bond donors (Lipinski definition) is 2. The summed E-state index contributed by atoms with van der Waals surface area (Å²) in [5, 5.41) is 11.6. The second-order valence-electron chi connectivity index (χ2n) is 4.34. The first-order valence-electron chi connectivity index (χ1n) is 5.75. The Morgan fingerprint density at radius 3 is 2.68 bits per heavy atom. The van der Waals surface area contributed by atoms with Crippen LogP contribution >= 0.6 is 0 Å². The Morgan fingerprint density at radius 1 is 1.26 bits per heavy atom. The van der Waals surface area contributed by atoms with Crippen molar-refractivity contribution in [2.24, 2.45) is 19.8 Å². The summed E-state index contributed by atoms with van der Waals surface area (Å²) in [6, 6.07) is 5.38. The minimum atomic E-state index is -0.982. The van der Waals surface area contributed by atoms with Gasteiger partial charge < -0.3 is 0 Å². The third-order valence-electron chi connectivity index (χ3n) is 3.10. The fraction of sp³-hybridized carbons (Fsp3) is 0.333. The second-order valence-corrected chi connectivity index (χ2v) is 5.45. The summed E-state index contributed by atoms with van der Waals surface area (Å²) in [4.78, 5) is 22.9. The van der Waals surface area contributed by atoms with Crippen molar-refractivity contribution in [3.05, 3.63) is 18.2 Å². The van der Waals surface area contributed by atoms with Crippen LogP contribution in [-0.2, 0) is 9.59 Å². The number of rotatable bonds is 4. The molecule has 2 N–H and O–H groups in total. The van der Waals surface area contributed by atoms with E-state index in [9.17, 15) is 9.59 Å². The van der Waals surface area contributed by atoms with Gasteiger partial charge in [-0.15, -0.1) is 0 Å². The first kappa shape index (κ1) is 13.7. The Morgan fingerprint density at radius 2 is 2.00 bits per heavy atom. The van der Waals surface area contributed by atoms with Gasteiger partial charge in [0.15, 0.2) is 0 Å². The van der Waals surface area contributed by atoms with Crippen molar-refractivity contribution in [1.29, 1.82) is 0 Å². The molecule has 6 nitrogen and oxygen atoms in total. The number of benzene rings is 1. The van der Waals surface area contributed by atoms with E-state index in [1.165, 1.54) is 6.92 Å². The molecule has 1 aromatic rings. The van der Waals surface area contributed by atoms with E-state index in [-0.39, 0.29) is 20.5 Å². The number of carboxylic acid groups (broad SMARTS) is 1. The van der Waals surface area contributed by atoms with Crippen LogP contribution in [0.3, 0.4) is 0 Å². The monoisotopic (exact) mass is 327 g/mol. The molecular weight excluding hydrogens is 313 g/mol. The molecule has 0 aromatic heterocycles. The normalized spacial score (nSPS) is 15.3. The van der Waals surface area contributed by atoms with Crippen molar-refractivity contribution in [2.75, 3.05) is 5.32 Å². The topological polar surface area (TPSA) is 91.1 Å². The van der Waals surface area contributed by atoms with E-state index in [2.05, 4.69) is 13.2 Å². The SMILES string of the molecule is CC(C(=O)O)C(C)C(=O)Nc1cccc2c1N=[Se]=N2. The molecule has 1 amide bonds. The number of aliphatic carboxylic acids is 1. The number of nitrogens with one attached hydrogen (secondary N) is 1. The molecule has 1 heterocycles. The molecule has 2 atom stereocenters.